The molecule has 2 atom stereocenters. The van der Waals surface area contributed by atoms with Crippen LogP contribution >= 0.6 is 0 Å². The van der Waals surface area contributed by atoms with E-state index in [-0.39, 0.29) is 5.82 Å². The minimum Gasteiger partial charge on any atom is -0.367 e. The number of aromatic nitrogens is 3. The minimum absolute atomic E-state index is 0.189. The number of benzene rings is 1. The molecule has 23 heavy (non-hydrogen) atoms. The molecule has 1 aliphatic carbocycles. The Kier molecular flexibility index (Phi) is 3.61. The van der Waals surface area contributed by atoms with Gasteiger partial charge in [0.15, 0.2) is 5.65 Å². The van der Waals surface area contributed by atoms with Gasteiger partial charge in [0.25, 0.3) is 0 Å². The molecule has 1 fully saturated rings. The van der Waals surface area contributed by atoms with Crippen LogP contribution in [0.1, 0.15) is 30.7 Å². The van der Waals surface area contributed by atoms with Crippen LogP contribution < -0.4 is 5.32 Å². The van der Waals surface area contributed by atoms with Crippen molar-refractivity contribution in [3.8, 4) is 0 Å². The first-order valence-electron chi connectivity index (χ1n) is 7.89. The number of fused-ring (bicyclic) bond motifs is 1. The first-order chi connectivity index (χ1) is 11.3. The number of nitrogens with one attached hydrogen (secondary N) is 1. The van der Waals surface area contributed by atoms with Crippen LogP contribution in [-0.2, 0) is 0 Å². The molecule has 0 bridgehead atoms. The molecule has 2 unspecified atom stereocenters. The fourth-order valence-corrected chi connectivity index (χ4v) is 3.37. The zero-order valence-corrected chi connectivity index (χ0v) is 12.6. The van der Waals surface area contributed by atoms with E-state index in [1.165, 1.54) is 17.7 Å². The second kappa shape index (κ2) is 5.91. The third kappa shape index (κ3) is 2.86. The molecule has 2 heterocycles. The Morgan fingerprint density at radius 2 is 1.78 bits per heavy atom. The summed E-state index contributed by atoms with van der Waals surface area (Å²) >= 11 is 0. The molecule has 3 aromatic rings. The van der Waals surface area contributed by atoms with Gasteiger partial charge in [-0.15, -0.1) is 0 Å². The normalized spacial score (nSPS) is 20.7. The average molecular weight is 308 g/mol. The van der Waals surface area contributed by atoms with Gasteiger partial charge in [-0.05, 0) is 42.7 Å². The Bertz CT molecular complexity index is 819. The van der Waals surface area contributed by atoms with Crippen LogP contribution in [0.4, 0.5) is 10.2 Å². The largest absolute Gasteiger partial charge is 0.367 e. The van der Waals surface area contributed by atoms with Crippen molar-refractivity contribution in [3.05, 3.63) is 60.2 Å². The Morgan fingerprint density at radius 1 is 0.957 bits per heavy atom. The Balaban J connectivity index is 1.57. The van der Waals surface area contributed by atoms with Crippen molar-refractivity contribution in [3.63, 3.8) is 0 Å². The molecule has 1 saturated carbocycles. The molecule has 0 spiro atoms. The molecule has 1 N–H and O–H groups in total. The number of hydrogen-bond acceptors (Lipinski definition) is 4. The van der Waals surface area contributed by atoms with Gasteiger partial charge in [-0.2, -0.15) is 0 Å². The molecule has 0 radical (unpaired) electrons. The first-order valence-corrected chi connectivity index (χ1v) is 7.89. The van der Waals surface area contributed by atoms with E-state index >= 15 is 0 Å². The fourth-order valence-electron chi connectivity index (χ4n) is 3.37. The van der Waals surface area contributed by atoms with Crippen LogP contribution in [0.25, 0.3) is 11.2 Å². The lowest BCUT2D eigenvalue weighted by atomic mass is 9.94. The zero-order chi connectivity index (χ0) is 15.6. The maximum absolute atomic E-state index is 13.1. The molecule has 0 aliphatic heterocycles. The van der Waals surface area contributed by atoms with Gasteiger partial charge in [-0.3, -0.25) is 4.98 Å². The summed E-state index contributed by atoms with van der Waals surface area (Å²) in [4.78, 5) is 13.0. The smallest absolute Gasteiger partial charge is 0.180 e. The maximum Gasteiger partial charge on any atom is 0.180 e. The molecule has 0 saturated heterocycles. The van der Waals surface area contributed by atoms with Crippen molar-refractivity contribution >= 4 is 17.0 Å². The van der Waals surface area contributed by atoms with E-state index in [4.69, 9.17) is 0 Å². The number of halogens is 1. The van der Waals surface area contributed by atoms with E-state index < -0.39 is 0 Å². The number of rotatable bonds is 3. The van der Waals surface area contributed by atoms with Gasteiger partial charge in [0, 0.05) is 24.4 Å². The second-order valence-corrected chi connectivity index (χ2v) is 5.94. The van der Waals surface area contributed by atoms with Crippen LogP contribution in [0, 0.1) is 5.82 Å². The summed E-state index contributed by atoms with van der Waals surface area (Å²) in [6.45, 7) is 0. The third-order valence-electron chi connectivity index (χ3n) is 4.48. The maximum atomic E-state index is 13.1. The van der Waals surface area contributed by atoms with Crippen molar-refractivity contribution < 1.29 is 4.39 Å². The van der Waals surface area contributed by atoms with Crippen LogP contribution in [0.3, 0.4) is 0 Å². The lowest BCUT2D eigenvalue weighted by Crippen LogP contribution is -2.23. The summed E-state index contributed by atoms with van der Waals surface area (Å²) in [6, 6.07) is 11.0. The van der Waals surface area contributed by atoms with Crippen LogP contribution in [0.2, 0.25) is 0 Å². The lowest BCUT2D eigenvalue weighted by Gasteiger charge is -2.22. The molecule has 116 valence electrons. The van der Waals surface area contributed by atoms with E-state index in [2.05, 4.69) is 20.3 Å². The third-order valence-corrected chi connectivity index (χ3v) is 4.48. The quantitative estimate of drug-likeness (QED) is 0.797. The van der Waals surface area contributed by atoms with Crippen molar-refractivity contribution in [1.29, 1.82) is 0 Å². The molecule has 1 aliphatic rings. The minimum atomic E-state index is -0.189. The number of hydrogen-bond donors (Lipinski definition) is 1. The Hall–Kier alpha value is -2.56. The van der Waals surface area contributed by atoms with E-state index in [0.717, 1.165) is 30.6 Å². The van der Waals surface area contributed by atoms with Crippen LogP contribution in [0.15, 0.2) is 48.8 Å². The first kappa shape index (κ1) is 14.1. The van der Waals surface area contributed by atoms with Crippen molar-refractivity contribution in [2.24, 2.45) is 0 Å². The standard InChI is InChI=1S/C18H17FN4/c19-13-6-4-12(5-7-13)14-2-1-3-15(14)22-17-9-8-16-18(23-17)21-11-10-20-16/h4-11,14-15H,1-3H2,(H,21,22,23). The number of nitrogens with zero attached hydrogens (tertiary/aromatic N) is 3. The average Bonchev–Trinajstić information content (AvgIpc) is 3.03. The molecular weight excluding hydrogens is 291 g/mol. The molecule has 5 heteroatoms. The van der Waals surface area contributed by atoms with Gasteiger partial charge in [-0.25, -0.2) is 14.4 Å². The van der Waals surface area contributed by atoms with Crippen molar-refractivity contribution in [2.45, 2.75) is 31.2 Å². The summed E-state index contributed by atoms with van der Waals surface area (Å²) in [5.41, 5.74) is 2.62. The SMILES string of the molecule is Fc1ccc(C2CCCC2Nc2ccc3nccnc3n2)cc1. The van der Waals surface area contributed by atoms with Crippen molar-refractivity contribution in [1.82, 2.24) is 15.0 Å². The van der Waals surface area contributed by atoms with Gasteiger partial charge in [0.2, 0.25) is 0 Å². The van der Waals surface area contributed by atoms with Gasteiger partial charge in [-0.1, -0.05) is 18.6 Å². The van der Waals surface area contributed by atoms with E-state index in [1.54, 1.807) is 12.4 Å². The predicted molar refractivity (Wildman–Crippen MR) is 87.7 cm³/mol. The lowest BCUT2D eigenvalue weighted by molar-refractivity contribution is 0.618. The highest BCUT2D eigenvalue weighted by molar-refractivity contribution is 5.71. The van der Waals surface area contributed by atoms with Gasteiger partial charge >= 0.3 is 0 Å². The number of pyridine rings is 1. The highest BCUT2D eigenvalue weighted by Crippen LogP contribution is 2.36. The van der Waals surface area contributed by atoms with Gasteiger partial charge in [0.05, 0.1) is 0 Å². The Morgan fingerprint density at radius 3 is 2.65 bits per heavy atom. The summed E-state index contributed by atoms with van der Waals surface area (Å²) < 4.78 is 13.1. The Labute approximate surface area is 133 Å². The molecule has 4 nitrogen and oxygen atoms in total. The van der Waals surface area contributed by atoms with Gasteiger partial charge < -0.3 is 5.32 Å². The van der Waals surface area contributed by atoms with Crippen LogP contribution in [0.5, 0.6) is 0 Å². The fraction of sp³-hybridized carbons (Fsp3) is 0.278. The second-order valence-electron chi connectivity index (χ2n) is 5.94. The molecule has 0 amide bonds. The molecule has 2 aromatic heterocycles. The van der Waals surface area contributed by atoms with E-state index in [1.807, 2.05) is 24.3 Å². The summed E-state index contributed by atoms with van der Waals surface area (Å²) in [5.74, 6) is 1.01. The van der Waals surface area contributed by atoms with Crippen LogP contribution in [-0.4, -0.2) is 21.0 Å². The highest BCUT2D eigenvalue weighted by atomic mass is 19.1. The monoisotopic (exact) mass is 308 g/mol. The van der Waals surface area contributed by atoms with E-state index in [0.29, 0.717) is 17.6 Å². The summed E-state index contributed by atoms with van der Waals surface area (Å²) in [5, 5.41) is 3.52. The van der Waals surface area contributed by atoms with Crippen molar-refractivity contribution in [2.75, 3.05) is 5.32 Å². The topological polar surface area (TPSA) is 50.7 Å². The van der Waals surface area contributed by atoms with E-state index in [9.17, 15) is 4.39 Å². The predicted octanol–water partition coefficient (Wildman–Crippen LogP) is 3.91. The summed E-state index contributed by atoms with van der Waals surface area (Å²) in [6.07, 6.45) is 6.67. The summed E-state index contributed by atoms with van der Waals surface area (Å²) in [7, 11) is 0. The number of anilines is 1. The van der Waals surface area contributed by atoms with Gasteiger partial charge in [0.1, 0.15) is 17.2 Å². The zero-order valence-electron chi connectivity index (χ0n) is 12.6. The highest BCUT2D eigenvalue weighted by Gasteiger charge is 2.28. The molecule has 4 rings (SSSR count). The molecular formula is C18H17FN4. The molecule has 1 aromatic carbocycles.